The van der Waals surface area contributed by atoms with Crippen LogP contribution in [0.5, 0.6) is 0 Å². The number of hydrogen-bond acceptors (Lipinski definition) is 9. The zero-order chi connectivity index (χ0) is 27.9. The Bertz CT molecular complexity index is 1170. The van der Waals surface area contributed by atoms with Gasteiger partial charge in [0, 0.05) is 43.6 Å². The van der Waals surface area contributed by atoms with E-state index < -0.39 is 11.0 Å². The normalized spacial score (nSPS) is 21.0. The van der Waals surface area contributed by atoms with Gasteiger partial charge in [0.05, 0.1) is 28.8 Å². The molecule has 2 aromatic rings. The number of halogens is 1. The quantitative estimate of drug-likeness (QED) is 0.341. The molecule has 0 radical (unpaired) electrons. The van der Waals surface area contributed by atoms with Gasteiger partial charge in [-0.15, -0.1) is 0 Å². The van der Waals surface area contributed by atoms with E-state index in [1.54, 1.807) is 6.20 Å². The first kappa shape index (κ1) is 29.1. The Labute approximate surface area is 236 Å². The molecule has 0 atom stereocenters. The van der Waals surface area contributed by atoms with Crippen molar-refractivity contribution in [1.82, 2.24) is 15.3 Å². The topological polar surface area (TPSA) is 121 Å². The third-order valence-corrected chi connectivity index (χ3v) is 7.91. The van der Waals surface area contributed by atoms with Crippen molar-refractivity contribution in [2.24, 2.45) is 5.41 Å². The Balaban J connectivity index is 1.36. The molecule has 1 saturated heterocycles. The van der Waals surface area contributed by atoms with Crippen LogP contribution in [0, 0.1) is 16.7 Å². The van der Waals surface area contributed by atoms with Crippen LogP contribution in [-0.4, -0.2) is 59.9 Å². The molecule has 0 spiro atoms. The number of nitrogens with zero attached hydrogens (tertiary/aromatic N) is 3. The first-order chi connectivity index (χ1) is 18.7. The summed E-state index contributed by atoms with van der Waals surface area (Å²) >= 11 is 6.54. The van der Waals surface area contributed by atoms with Crippen LogP contribution in [0.2, 0.25) is 5.02 Å². The van der Waals surface area contributed by atoms with Gasteiger partial charge in [0.2, 0.25) is 0 Å². The van der Waals surface area contributed by atoms with Gasteiger partial charge in [-0.3, -0.25) is 10.1 Å². The number of nitriles is 1. The zero-order valence-electron chi connectivity index (χ0n) is 23.1. The third-order valence-electron chi connectivity index (χ3n) is 7.61. The number of carbonyl (C=O) groups excluding carboxylic acids is 1. The molecule has 0 aromatic carbocycles. The fraction of sp³-hybridized carbons (Fsp3) is 0.586. The number of nitrogens with one attached hydrogen (secondary N) is 3. The lowest BCUT2D eigenvalue weighted by molar-refractivity contribution is -0.150. The molecule has 210 valence electrons. The lowest BCUT2D eigenvalue weighted by Crippen LogP contribution is -2.53. The number of esters is 1. The van der Waals surface area contributed by atoms with Crippen LogP contribution in [0.25, 0.3) is 11.3 Å². The molecule has 4 rings (SSSR count). The minimum atomic E-state index is -0.704. The number of hydrogen-bond donors (Lipinski definition) is 3. The summed E-state index contributed by atoms with van der Waals surface area (Å²) in [7, 11) is 0. The monoisotopic (exact) mass is 554 g/mol. The number of aromatic nitrogens is 2. The molecule has 39 heavy (non-hydrogen) atoms. The van der Waals surface area contributed by atoms with E-state index in [-0.39, 0.29) is 18.1 Å². The fourth-order valence-electron chi connectivity index (χ4n) is 5.22. The summed E-state index contributed by atoms with van der Waals surface area (Å²) in [6.07, 6.45) is 6.89. The average Bonchev–Trinajstić information content (AvgIpc) is 2.94. The predicted octanol–water partition coefficient (Wildman–Crippen LogP) is 5.18. The highest BCUT2D eigenvalue weighted by Gasteiger charge is 2.34. The minimum absolute atomic E-state index is 0.218. The number of anilines is 2. The molecular weight excluding hydrogens is 516 g/mol. The molecule has 0 bridgehead atoms. The van der Waals surface area contributed by atoms with Gasteiger partial charge in [0.1, 0.15) is 17.2 Å². The second-order valence-corrected chi connectivity index (χ2v) is 11.4. The van der Waals surface area contributed by atoms with Crippen LogP contribution >= 0.6 is 11.6 Å². The van der Waals surface area contributed by atoms with Crippen molar-refractivity contribution in [2.45, 2.75) is 76.9 Å². The molecule has 1 aliphatic carbocycles. The Morgan fingerprint density at radius 1 is 1.21 bits per heavy atom. The molecule has 9 nitrogen and oxygen atoms in total. The van der Waals surface area contributed by atoms with Crippen molar-refractivity contribution in [2.75, 3.05) is 37.0 Å². The van der Waals surface area contributed by atoms with Crippen molar-refractivity contribution >= 4 is 29.2 Å². The van der Waals surface area contributed by atoms with Gasteiger partial charge in [-0.1, -0.05) is 17.7 Å². The zero-order valence-corrected chi connectivity index (χ0v) is 23.8. The van der Waals surface area contributed by atoms with Gasteiger partial charge in [0.15, 0.2) is 0 Å². The maximum Gasteiger partial charge on any atom is 0.325 e. The van der Waals surface area contributed by atoms with E-state index in [1.165, 1.54) is 0 Å². The van der Waals surface area contributed by atoms with Gasteiger partial charge >= 0.3 is 5.97 Å². The molecule has 2 fully saturated rings. The molecule has 0 amide bonds. The summed E-state index contributed by atoms with van der Waals surface area (Å²) in [6, 6.07) is 10.7. The molecule has 1 saturated carbocycles. The molecule has 2 aromatic heterocycles. The van der Waals surface area contributed by atoms with E-state index in [2.05, 4.69) is 27.0 Å². The van der Waals surface area contributed by atoms with Crippen molar-refractivity contribution in [3.63, 3.8) is 0 Å². The van der Waals surface area contributed by atoms with Gasteiger partial charge in [-0.2, -0.15) is 5.26 Å². The Morgan fingerprint density at radius 2 is 1.92 bits per heavy atom. The molecular formula is C29H39ClN6O3. The SMILES string of the molecule is CCOC(=O)C(C)(C)N[C@H]1CC[C@H](Nc2cc(-c3cccc(NCC4(C#N)CCOCC4)n3)c(Cl)cn2)CC1. The average molecular weight is 555 g/mol. The van der Waals surface area contributed by atoms with Crippen molar-refractivity contribution in [3.05, 3.63) is 35.5 Å². The van der Waals surface area contributed by atoms with Crippen LogP contribution < -0.4 is 16.0 Å². The maximum absolute atomic E-state index is 12.2. The maximum atomic E-state index is 12.2. The lowest BCUT2D eigenvalue weighted by atomic mass is 9.82. The van der Waals surface area contributed by atoms with E-state index in [1.807, 2.05) is 45.0 Å². The van der Waals surface area contributed by atoms with E-state index in [0.717, 1.165) is 42.8 Å². The molecule has 0 unspecified atom stereocenters. The fourth-order valence-corrected chi connectivity index (χ4v) is 5.42. The highest BCUT2D eigenvalue weighted by molar-refractivity contribution is 6.33. The second-order valence-electron chi connectivity index (χ2n) is 11.0. The highest BCUT2D eigenvalue weighted by Crippen LogP contribution is 2.32. The van der Waals surface area contributed by atoms with E-state index in [4.69, 9.17) is 26.1 Å². The van der Waals surface area contributed by atoms with Crippen LogP contribution in [0.15, 0.2) is 30.5 Å². The van der Waals surface area contributed by atoms with Crippen LogP contribution in [-0.2, 0) is 14.3 Å². The number of ether oxygens (including phenoxy) is 2. The van der Waals surface area contributed by atoms with Gasteiger partial charge in [0.25, 0.3) is 0 Å². The summed E-state index contributed by atoms with van der Waals surface area (Å²) in [5, 5.41) is 20.6. The molecule has 3 heterocycles. The predicted molar refractivity (Wildman–Crippen MR) is 153 cm³/mol. The first-order valence-electron chi connectivity index (χ1n) is 13.8. The third kappa shape index (κ3) is 7.59. The summed E-state index contributed by atoms with van der Waals surface area (Å²) in [5.74, 6) is 1.24. The number of carbonyl (C=O) groups is 1. The molecule has 10 heteroatoms. The van der Waals surface area contributed by atoms with Crippen molar-refractivity contribution < 1.29 is 14.3 Å². The van der Waals surface area contributed by atoms with E-state index >= 15 is 0 Å². The van der Waals surface area contributed by atoms with E-state index in [9.17, 15) is 10.1 Å². The Kier molecular flexibility index (Phi) is 9.65. The molecule has 3 N–H and O–H groups in total. The lowest BCUT2D eigenvalue weighted by Gasteiger charge is -2.35. The number of pyridine rings is 2. The van der Waals surface area contributed by atoms with Crippen LogP contribution in [0.3, 0.4) is 0 Å². The van der Waals surface area contributed by atoms with Crippen LogP contribution in [0.4, 0.5) is 11.6 Å². The van der Waals surface area contributed by atoms with Gasteiger partial charge in [-0.25, -0.2) is 9.97 Å². The van der Waals surface area contributed by atoms with Gasteiger partial charge < -0.3 is 20.1 Å². The summed E-state index contributed by atoms with van der Waals surface area (Å²) < 4.78 is 10.6. The molecule has 1 aliphatic heterocycles. The summed E-state index contributed by atoms with van der Waals surface area (Å²) in [4.78, 5) is 21.5. The van der Waals surface area contributed by atoms with Crippen LogP contribution in [0.1, 0.15) is 59.3 Å². The standard InChI is InChI=1S/C29H39ClN6O3/c1-4-39-27(37)28(2,3)36-21-10-8-20(9-11-21)34-26-16-22(23(30)17-32-26)24-6-5-7-25(35-24)33-19-29(18-31)12-14-38-15-13-29/h5-7,16-17,20-21,36H,4,8-15,19H2,1-3H3,(H,32,34)(H,33,35)/t20-,21-. The van der Waals surface area contributed by atoms with Crippen molar-refractivity contribution in [3.8, 4) is 17.3 Å². The van der Waals surface area contributed by atoms with Gasteiger partial charge in [-0.05, 0) is 77.5 Å². The minimum Gasteiger partial charge on any atom is -0.465 e. The smallest absolute Gasteiger partial charge is 0.325 e. The first-order valence-corrected chi connectivity index (χ1v) is 14.2. The largest absolute Gasteiger partial charge is 0.465 e. The Hall–Kier alpha value is -2.93. The summed E-state index contributed by atoms with van der Waals surface area (Å²) in [6.45, 7) is 7.69. The number of rotatable bonds is 10. The molecule has 2 aliphatic rings. The van der Waals surface area contributed by atoms with E-state index in [0.29, 0.717) is 50.0 Å². The summed E-state index contributed by atoms with van der Waals surface area (Å²) in [5.41, 5.74) is 0.391. The van der Waals surface area contributed by atoms with Crippen molar-refractivity contribution in [1.29, 1.82) is 5.26 Å². The highest BCUT2D eigenvalue weighted by atomic mass is 35.5. The Morgan fingerprint density at radius 3 is 2.62 bits per heavy atom. The second kappa shape index (κ2) is 12.9.